The summed E-state index contributed by atoms with van der Waals surface area (Å²) < 4.78 is 0. The molecule has 1 saturated carbocycles. The number of hydrogen-bond acceptors (Lipinski definition) is 4. The van der Waals surface area contributed by atoms with E-state index in [-0.39, 0.29) is 36.3 Å². The maximum atomic E-state index is 13.2. The van der Waals surface area contributed by atoms with Gasteiger partial charge in [0, 0.05) is 32.2 Å². The van der Waals surface area contributed by atoms with Crippen LogP contribution >= 0.6 is 0 Å². The number of benzene rings is 1. The summed E-state index contributed by atoms with van der Waals surface area (Å²) in [7, 11) is 3.41. The lowest BCUT2D eigenvalue weighted by atomic mass is 9.95. The predicted octanol–water partition coefficient (Wildman–Crippen LogP) is 1.37. The summed E-state index contributed by atoms with van der Waals surface area (Å²) in [6.45, 7) is 0.832. The lowest BCUT2D eigenvalue weighted by molar-refractivity contribution is -0.125. The minimum Gasteiger partial charge on any atom is -0.358 e. The third-order valence-electron chi connectivity index (χ3n) is 5.53. The van der Waals surface area contributed by atoms with Crippen LogP contribution in [0.4, 0.5) is 11.4 Å². The van der Waals surface area contributed by atoms with E-state index in [2.05, 4.69) is 10.2 Å². The number of piperidine rings is 1. The number of hydrogen-bond donors (Lipinski definition) is 1. The van der Waals surface area contributed by atoms with Crippen molar-refractivity contribution in [1.29, 1.82) is 0 Å². The van der Waals surface area contributed by atoms with Gasteiger partial charge in [0.2, 0.25) is 11.8 Å². The van der Waals surface area contributed by atoms with Crippen molar-refractivity contribution in [3.63, 3.8) is 0 Å². The third-order valence-corrected chi connectivity index (χ3v) is 5.53. The van der Waals surface area contributed by atoms with E-state index in [4.69, 9.17) is 0 Å². The van der Waals surface area contributed by atoms with Crippen LogP contribution in [0.25, 0.3) is 0 Å². The van der Waals surface area contributed by atoms with Gasteiger partial charge < -0.3 is 15.1 Å². The van der Waals surface area contributed by atoms with E-state index in [1.165, 1.54) is 4.90 Å². The molecule has 3 amide bonds. The summed E-state index contributed by atoms with van der Waals surface area (Å²) in [6.07, 6.45) is 4.88. The van der Waals surface area contributed by atoms with Gasteiger partial charge in [-0.05, 0) is 50.3 Å². The van der Waals surface area contributed by atoms with Crippen LogP contribution in [-0.2, 0) is 9.59 Å². The first-order valence-electron chi connectivity index (χ1n) is 9.69. The van der Waals surface area contributed by atoms with Crippen LogP contribution in [0.2, 0.25) is 0 Å². The number of fused-ring (bicyclic) bond motifs is 3. The van der Waals surface area contributed by atoms with Crippen LogP contribution in [0.5, 0.6) is 0 Å². The monoisotopic (exact) mass is 370 g/mol. The lowest BCUT2D eigenvalue weighted by Gasteiger charge is -2.45. The van der Waals surface area contributed by atoms with E-state index in [1.54, 1.807) is 25.1 Å². The second kappa shape index (κ2) is 6.87. The quantitative estimate of drug-likeness (QED) is 0.869. The zero-order chi connectivity index (χ0) is 19.1. The van der Waals surface area contributed by atoms with Gasteiger partial charge in [0.25, 0.3) is 5.91 Å². The van der Waals surface area contributed by atoms with Crippen molar-refractivity contribution in [2.45, 2.75) is 44.2 Å². The standard InChI is InChI=1S/C20H26N4O3/c1-22(2)19(26)13-6-9-15-17(11-13)24(12-18(25)21-14-7-8-14)20(27)16-5-3-4-10-23(15)16/h6,9,11,14,16H,3-5,7-8,10,12H2,1-2H3,(H,21,25)/t16-/m0/s1. The van der Waals surface area contributed by atoms with Crippen LogP contribution in [0.3, 0.4) is 0 Å². The Morgan fingerprint density at radius 3 is 2.63 bits per heavy atom. The van der Waals surface area contributed by atoms with Gasteiger partial charge in [-0.1, -0.05) is 0 Å². The minimum atomic E-state index is -0.213. The molecule has 1 aromatic rings. The van der Waals surface area contributed by atoms with Crippen LogP contribution in [-0.4, -0.2) is 61.9 Å². The number of carbonyl (C=O) groups excluding carboxylic acids is 3. The highest BCUT2D eigenvalue weighted by atomic mass is 16.2. The normalized spacial score (nSPS) is 21.4. The number of amides is 3. The van der Waals surface area contributed by atoms with E-state index in [1.807, 2.05) is 12.1 Å². The summed E-state index contributed by atoms with van der Waals surface area (Å²) >= 11 is 0. The van der Waals surface area contributed by atoms with Gasteiger partial charge in [0.15, 0.2) is 0 Å². The van der Waals surface area contributed by atoms with Crippen molar-refractivity contribution in [1.82, 2.24) is 10.2 Å². The molecule has 2 fully saturated rings. The molecule has 7 heteroatoms. The van der Waals surface area contributed by atoms with Crippen molar-refractivity contribution in [3.05, 3.63) is 23.8 Å². The fourth-order valence-electron chi connectivity index (χ4n) is 3.96. The predicted molar refractivity (Wildman–Crippen MR) is 103 cm³/mol. The van der Waals surface area contributed by atoms with Crippen LogP contribution in [0.1, 0.15) is 42.5 Å². The second-order valence-corrected chi connectivity index (χ2v) is 7.87. The lowest BCUT2D eigenvalue weighted by Crippen LogP contribution is -2.57. The fraction of sp³-hybridized carbons (Fsp3) is 0.550. The Morgan fingerprint density at radius 1 is 1.15 bits per heavy atom. The van der Waals surface area contributed by atoms with Gasteiger partial charge in [-0.25, -0.2) is 0 Å². The molecule has 1 aliphatic carbocycles. The average Bonchev–Trinajstić information content (AvgIpc) is 3.48. The number of anilines is 2. The van der Waals surface area contributed by atoms with E-state index < -0.39 is 0 Å². The van der Waals surface area contributed by atoms with E-state index >= 15 is 0 Å². The van der Waals surface area contributed by atoms with Crippen LogP contribution in [0.15, 0.2) is 18.2 Å². The molecule has 2 aliphatic heterocycles. The van der Waals surface area contributed by atoms with E-state index in [0.717, 1.165) is 44.3 Å². The summed E-state index contributed by atoms with van der Waals surface area (Å²) in [6, 6.07) is 5.53. The first-order valence-corrected chi connectivity index (χ1v) is 9.69. The Kier molecular flexibility index (Phi) is 4.53. The van der Waals surface area contributed by atoms with Gasteiger partial charge in [-0.3, -0.25) is 19.3 Å². The van der Waals surface area contributed by atoms with Crippen molar-refractivity contribution < 1.29 is 14.4 Å². The molecule has 2 heterocycles. The molecule has 27 heavy (non-hydrogen) atoms. The highest BCUT2D eigenvalue weighted by Gasteiger charge is 2.40. The van der Waals surface area contributed by atoms with Gasteiger partial charge in [-0.2, -0.15) is 0 Å². The molecule has 1 atom stereocenters. The van der Waals surface area contributed by atoms with Gasteiger partial charge in [-0.15, -0.1) is 0 Å². The molecule has 0 radical (unpaired) electrons. The smallest absolute Gasteiger partial charge is 0.253 e. The number of carbonyl (C=O) groups is 3. The SMILES string of the molecule is CN(C)C(=O)c1ccc2c(c1)N(CC(=O)NC1CC1)C(=O)[C@@H]1CCCCN21. The Labute approximate surface area is 159 Å². The van der Waals surface area contributed by atoms with E-state index in [9.17, 15) is 14.4 Å². The molecule has 0 spiro atoms. The highest BCUT2D eigenvalue weighted by molar-refractivity contribution is 6.09. The summed E-state index contributed by atoms with van der Waals surface area (Å²) in [5.74, 6) is -0.290. The average molecular weight is 370 g/mol. The topological polar surface area (TPSA) is 73.0 Å². The molecule has 1 aromatic carbocycles. The van der Waals surface area contributed by atoms with Gasteiger partial charge in [0.1, 0.15) is 12.6 Å². The molecule has 0 unspecified atom stereocenters. The van der Waals surface area contributed by atoms with Crippen LogP contribution in [0, 0.1) is 0 Å². The number of rotatable bonds is 4. The molecule has 7 nitrogen and oxygen atoms in total. The van der Waals surface area contributed by atoms with Crippen molar-refractivity contribution in [3.8, 4) is 0 Å². The molecule has 0 aromatic heterocycles. The zero-order valence-electron chi connectivity index (χ0n) is 15.9. The molecule has 4 rings (SSSR count). The molecule has 1 N–H and O–H groups in total. The number of nitrogens with one attached hydrogen (secondary N) is 1. The Bertz CT molecular complexity index is 787. The third kappa shape index (κ3) is 3.38. The first-order chi connectivity index (χ1) is 13.0. The summed E-state index contributed by atoms with van der Waals surface area (Å²) in [4.78, 5) is 43.2. The van der Waals surface area contributed by atoms with E-state index in [0.29, 0.717) is 11.3 Å². The molecule has 144 valence electrons. The van der Waals surface area contributed by atoms with Crippen molar-refractivity contribution in [2.24, 2.45) is 0 Å². The first kappa shape index (κ1) is 17.8. The molecular weight excluding hydrogens is 344 g/mol. The summed E-state index contributed by atoms with van der Waals surface area (Å²) in [5.41, 5.74) is 2.13. The van der Waals surface area contributed by atoms with Crippen LogP contribution < -0.4 is 15.1 Å². The van der Waals surface area contributed by atoms with Gasteiger partial charge >= 0.3 is 0 Å². The largest absolute Gasteiger partial charge is 0.358 e. The maximum Gasteiger partial charge on any atom is 0.253 e. The zero-order valence-corrected chi connectivity index (χ0v) is 15.9. The molecule has 0 bridgehead atoms. The molecule has 1 saturated heterocycles. The maximum absolute atomic E-state index is 13.2. The van der Waals surface area contributed by atoms with Gasteiger partial charge in [0.05, 0.1) is 11.4 Å². The molecular formula is C20H26N4O3. The highest BCUT2D eigenvalue weighted by Crippen LogP contribution is 2.40. The second-order valence-electron chi connectivity index (χ2n) is 7.87. The molecule has 3 aliphatic rings. The Morgan fingerprint density at radius 2 is 1.93 bits per heavy atom. The Balaban J connectivity index is 1.70. The minimum absolute atomic E-state index is 0.00623. The summed E-state index contributed by atoms with van der Waals surface area (Å²) in [5, 5.41) is 2.96. The van der Waals surface area contributed by atoms with Crippen molar-refractivity contribution in [2.75, 3.05) is 37.0 Å². The fourth-order valence-corrected chi connectivity index (χ4v) is 3.96. The Hall–Kier alpha value is -2.57. The van der Waals surface area contributed by atoms with Crippen molar-refractivity contribution >= 4 is 29.1 Å². The number of nitrogens with zero attached hydrogens (tertiary/aromatic N) is 3.